The molecule has 0 spiro atoms. The molecule has 0 atom stereocenters. The van der Waals surface area contributed by atoms with E-state index < -0.39 is 0 Å². The summed E-state index contributed by atoms with van der Waals surface area (Å²) in [7, 11) is 0. The van der Waals surface area contributed by atoms with Gasteiger partial charge in [0.25, 0.3) is 0 Å². The number of rotatable bonds is 7. The molecular formula is C18H17N3O3S. The Hall–Kier alpha value is -2.80. The number of ketones is 1. The Kier molecular flexibility index (Phi) is 5.35. The maximum atomic E-state index is 12.2. The number of aryl methyl sites for hydroxylation is 1. The van der Waals surface area contributed by atoms with Crippen LogP contribution in [0.5, 0.6) is 0 Å². The maximum absolute atomic E-state index is 12.2. The summed E-state index contributed by atoms with van der Waals surface area (Å²) >= 11 is 1.51. The van der Waals surface area contributed by atoms with E-state index in [0.29, 0.717) is 17.3 Å². The van der Waals surface area contributed by atoms with Gasteiger partial charge in [0.2, 0.25) is 17.6 Å². The highest BCUT2D eigenvalue weighted by Gasteiger charge is 2.13. The molecule has 0 radical (unpaired) electrons. The Bertz CT molecular complexity index is 871. The van der Waals surface area contributed by atoms with E-state index in [1.807, 2.05) is 42.6 Å². The van der Waals surface area contributed by atoms with Crippen molar-refractivity contribution in [1.82, 2.24) is 15.5 Å². The van der Waals surface area contributed by atoms with Gasteiger partial charge < -0.3 is 9.84 Å². The molecule has 0 aliphatic rings. The summed E-state index contributed by atoms with van der Waals surface area (Å²) in [4.78, 5) is 29.2. The molecule has 0 aliphatic carbocycles. The molecule has 128 valence electrons. The topological polar surface area (TPSA) is 85.1 Å². The number of aromatic nitrogens is 2. The molecule has 0 saturated carbocycles. The van der Waals surface area contributed by atoms with Crippen molar-refractivity contribution in [3.05, 3.63) is 58.8 Å². The zero-order valence-corrected chi connectivity index (χ0v) is 14.5. The van der Waals surface area contributed by atoms with Crippen molar-refractivity contribution in [1.29, 1.82) is 0 Å². The van der Waals surface area contributed by atoms with E-state index in [4.69, 9.17) is 4.52 Å². The van der Waals surface area contributed by atoms with Crippen molar-refractivity contribution in [3.8, 4) is 10.7 Å². The Morgan fingerprint density at radius 2 is 2.00 bits per heavy atom. The lowest BCUT2D eigenvalue weighted by Crippen LogP contribution is -2.23. The van der Waals surface area contributed by atoms with Gasteiger partial charge in [-0.25, -0.2) is 0 Å². The Labute approximate surface area is 148 Å². The number of hydrogen-bond donors (Lipinski definition) is 1. The summed E-state index contributed by atoms with van der Waals surface area (Å²) in [5.41, 5.74) is 1.58. The normalized spacial score (nSPS) is 10.6. The molecule has 1 amide bonds. The summed E-state index contributed by atoms with van der Waals surface area (Å²) in [5, 5.41) is 8.50. The van der Waals surface area contributed by atoms with Gasteiger partial charge in [-0.3, -0.25) is 9.59 Å². The van der Waals surface area contributed by atoms with Crippen LogP contribution in [0.4, 0.5) is 0 Å². The van der Waals surface area contributed by atoms with Crippen LogP contribution in [0, 0.1) is 6.92 Å². The van der Waals surface area contributed by atoms with Gasteiger partial charge in [-0.2, -0.15) is 4.98 Å². The number of Topliss-reactive ketones (excluding diaryl/α,β-unsaturated/α-hetero) is 1. The quantitative estimate of drug-likeness (QED) is 0.657. The number of benzene rings is 1. The zero-order valence-electron chi connectivity index (χ0n) is 13.7. The van der Waals surface area contributed by atoms with Crippen LogP contribution < -0.4 is 5.32 Å². The summed E-state index contributed by atoms with van der Waals surface area (Å²) < 4.78 is 5.11. The first-order valence-electron chi connectivity index (χ1n) is 7.85. The van der Waals surface area contributed by atoms with Crippen LogP contribution in [0.2, 0.25) is 0 Å². The van der Waals surface area contributed by atoms with Gasteiger partial charge in [0.1, 0.15) is 0 Å². The second-order valence-electron chi connectivity index (χ2n) is 5.50. The second-order valence-corrected chi connectivity index (χ2v) is 6.45. The lowest BCUT2D eigenvalue weighted by molar-refractivity contribution is -0.121. The highest BCUT2D eigenvalue weighted by Crippen LogP contribution is 2.21. The van der Waals surface area contributed by atoms with Gasteiger partial charge in [0, 0.05) is 18.4 Å². The van der Waals surface area contributed by atoms with E-state index in [-0.39, 0.29) is 31.1 Å². The molecule has 2 heterocycles. The van der Waals surface area contributed by atoms with Gasteiger partial charge in [-0.15, -0.1) is 11.3 Å². The van der Waals surface area contributed by atoms with Gasteiger partial charge in [0.05, 0.1) is 11.4 Å². The largest absolute Gasteiger partial charge is 0.347 e. The van der Waals surface area contributed by atoms with Gasteiger partial charge in [-0.1, -0.05) is 35.5 Å². The minimum Gasteiger partial charge on any atom is -0.347 e. The first-order valence-corrected chi connectivity index (χ1v) is 8.73. The fourth-order valence-corrected chi connectivity index (χ4v) is 2.99. The SMILES string of the molecule is Cc1ccccc1C(=O)CCC(=O)NCc1nc(-c2cccs2)no1. The molecular weight excluding hydrogens is 338 g/mol. The third kappa shape index (κ3) is 4.39. The maximum Gasteiger partial charge on any atom is 0.246 e. The average Bonchev–Trinajstić information content (AvgIpc) is 3.29. The lowest BCUT2D eigenvalue weighted by Gasteiger charge is -2.05. The van der Waals surface area contributed by atoms with Crippen LogP contribution in [0.15, 0.2) is 46.3 Å². The van der Waals surface area contributed by atoms with E-state index in [0.717, 1.165) is 10.4 Å². The van der Waals surface area contributed by atoms with Gasteiger partial charge in [-0.05, 0) is 23.9 Å². The average molecular weight is 355 g/mol. The number of thiophene rings is 1. The third-order valence-electron chi connectivity index (χ3n) is 3.67. The van der Waals surface area contributed by atoms with E-state index in [1.165, 1.54) is 11.3 Å². The molecule has 0 fully saturated rings. The highest BCUT2D eigenvalue weighted by atomic mass is 32.1. The Balaban J connectivity index is 1.47. The zero-order chi connectivity index (χ0) is 17.6. The van der Waals surface area contributed by atoms with Crippen LogP contribution in [0.1, 0.15) is 34.7 Å². The second kappa shape index (κ2) is 7.85. The minimum absolute atomic E-state index is 0.0361. The van der Waals surface area contributed by atoms with E-state index >= 15 is 0 Å². The number of hydrogen-bond acceptors (Lipinski definition) is 6. The minimum atomic E-state index is -0.224. The molecule has 25 heavy (non-hydrogen) atoms. The van der Waals surface area contributed by atoms with E-state index in [9.17, 15) is 9.59 Å². The predicted molar refractivity (Wildman–Crippen MR) is 94.2 cm³/mol. The number of carbonyl (C=O) groups is 2. The molecule has 1 N–H and O–H groups in total. The molecule has 7 heteroatoms. The van der Waals surface area contributed by atoms with Crippen molar-refractivity contribution >= 4 is 23.0 Å². The highest BCUT2D eigenvalue weighted by molar-refractivity contribution is 7.13. The van der Waals surface area contributed by atoms with Crippen LogP contribution in [-0.4, -0.2) is 21.8 Å². The monoisotopic (exact) mass is 355 g/mol. The molecule has 0 aliphatic heterocycles. The van der Waals surface area contributed by atoms with Crippen molar-refractivity contribution in [2.45, 2.75) is 26.3 Å². The molecule has 0 unspecified atom stereocenters. The molecule has 0 saturated heterocycles. The lowest BCUT2D eigenvalue weighted by atomic mass is 10.0. The van der Waals surface area contributed by atoms with Gasteiger partial charge in [0.15, 0.2) is 5.78 Å². The van der Waals surface area contributed by atoms with Crippen molar-refractivity contribution in [2.75, 3.05) is 0 Å². The molecule has 0 bridgehead atoms. The molecule has 3 rings (SSSR count). The summed E-state index contributed by atoms with van der Waals surface area (Å²) in [6.45, 7) is 2.03. The summed E-state index contributed by atoms with van der Waals surface area (Å²) in [6.07, 6.45) is 0.292. The van der Waals surface area contributed by atoms with E-state index in [2.05, 4.69) is 15.5 Å². The van der Waals surface area contributed by atoms with Crippen molar-refractivity contribution < 1.29 is 14.1 Å². The molecule has 1 aromatic carbocycles. The number of amides is 1. The molecule has 2 aromatic heterocycles. The van der Waals surface area contributed by atoms with Crippen LogP contribution in [-0.2, 0) is 11.3 Å². The van der Waals surface area contributed by atoms with Crippen LogP contribution >= 0.6 is 11.3 Å². The Morgan fingerprint density at radius 1 is 1.16 bits per heavy atom. The standard InChI is InChI=1S/C18H17N3O3S/c1-12-5-2-3-6-13(12)14(22)8-9-16(23)19-11-17-20-18(21-24-17)15-7-4-10-25-15/h2-7,10H,8-9,11H2,1H3,(H,19,23). The third-order valence-corrected chi connectivity index (χ3v) is 4.54. The smallest absolute Gasteiger partial charge is 0.246 e. The van der Waals surface area contributed by atoms with Crippen LogP contribution in [0.3, 0.4) is 0 Å². The van der Waals surface area contributed by atoms with Gasteiger partial charge >= 0.3 is 0 Å². The first kappa shape index (κ1) is 17.0. The number of nitrogens with zero attached hydrogens (tertiary/aromatic N) is 2. The van der Waals surface area contributed by atoms with Crippen molar-refractivity contribution in [3.63, 3.8) is 0 Å². The molecule has 3 aromatic rings. The summed E-state index contributed by atoms with van der Waals surface area (Å²) in [6, 6.07) is 11.2. The number of carbonyl (C=O) groups excluding carboxylic acids is 2. The fourth-order valence-electron chi connectivity index (χ4n) is 2.34. The predicted octanol–water partition coefficient (Wildman–Crippen LogP) is 3.39. The first-order chi connectivity index (χ1) is 12.1. The Morgan fingerprint density at radius 3 is 2.76 bits per heavy atom. The fraction of sp³-hybridized carbons (Fsp3) is 0.222. The summed E-state index contributed by atoms with van der Waals surface area (Å²) in [5.74, 6) is 0.583. The molecule has 6 nitrogen and oxygen atoms in total. The van der Waals surface area contributed by atoms with Crippen LogP contribution in [0.25, 0.3) is 10.7 Å². The number of nitrogens with one attached hydrogen (secondary N) is 1. The van der Waals surface area contributed by atoms with E-state index in [1.54, 1.807) is 6.07 Å². The van der Waals surface area contributed by atoms with Crippen molar-refractivity contribution in [2.24, 2.45) is 0 Å².